The van der Waals surface area contributed by atoms with E-state index in [0.29, 0.717) is 45.0 Å². The van der Waals surface area contributed by atoms with Crippen LogP contribution in [-0.2, 0) is 36.1 Å². The summed E-state index contributed by atoms with van der Waals surface area (Å²) < 4.78 is 22.1. The average Bonchev–Trinajstić information content (AvgIpc) is 3.40. The minimum Gasteiger partial charge on any atom is -0.493 e. The molecule has 1 saturated carbocycles. The summed E-state index contributed by atoms with van der Waals surface area (Å²) in [5.74, 6) is -0.446. The number of Topliss-reactive ketones (excluding diaryl/α,β-unsaturated/α-hetero) is 2. The highest BCUT2D eigenvalue weighted by Gasteiger charge is 2.61. The first-order valence-electron chi connectivity index (χ1n) is 17.2. The summed E-state index contributed by atoms with van der Waals surface area (Å²) in [6, 6.07) is 9.83. The number of nitrogens with zero attached hydrogens (tertiary/aromatic N) is 5. The summed E-state index contributed by atoms with van der Waals surface area (Å²) in [6.07, 6.45) is 2.01. The predicted octanol–water partition coefficient (Wildman–Crippen LogP) is 2.47. The maximum atomic E-state index is 14.3. The van der Waals surface area contributed by atoms with Crippen LogP contribution in [0.4, 0.5) is 0 Å². The van der Waals surface area contributed by atoms with Crippen molar-refractivity contribution in [3.63, 3.8) is 0 Å². The Kier molecular flexibility index (Phi) is 8.68. The number of aliphatic hydroxyl groups excluding tert-OH is 1. The highest BCUT2D eigenvalue weighted by atomic mass is 16.5. The monoisotopic (exact) mass is 711 g/mol. The number of hydrogen-bond donors (Lipinski definition) is 1. The molecule has 4 atom stereocenters. The molecule has 2 aromatic carbocycles. The van der Waals surface area contributed by atoms with Crippen LogP contribution in [0.25, 0.3) is 11.0 Å². The summed E-state index contributed by atoms with van der Waals surface area (Å²) in [5.41, 5.74) is 0.638. The number of ether oxygens (including phenoxy) is 3. The molecule has 0 spiro atoms. The van der Waals surface area contributed by atoms with Gasteiger partial charge in [-0.3, -0.25) is 14.4 Å². The van der Waals surface area contributed by atoms with Crippen LogP contribution in [0.5, 0.6) is 17.2 Å². The fourth-order valence-corrected chi connectivity index (χ4v) is 8.52. The van der Waals surface area contributed by atoms with Gasteiger partial charge in [0.25, 0.3) is 5.56 Å². The number of carbonyl (C=O) groups excluding carboxylic acids is 2. The number of para-hydroxylation sites is 1. The van der Waals surface area contributed by atoms with Gasteiger partial charge in [0, 0.05) is 49.5 Å². The molecule has 7 rings (SSSR count). The zero-order chi connectivity index (χ0) is 37.2. The lowest BCUT2D eigenvalue weighted by molar-refractivity contribution is -0.140. The van der Waals surface area contributed by atoms with Gasteiger partial charge in [0.05, 0.1) is 49.9 Å². The van der Waals surface area contributed by atoms with Gasteiger partial charge in [-0.1, -0.05) is 31.2 Å². The molecule has 14 heteroatoms. The van der Waals surface area contributed by atoms with Gasteiger partial charge < -0.3 is 23.9 Å². The molecule has 0 radical (unpaired) electrons. The van der Waals surface area contributed by atoms with E-state index in [0.717, 1.165) is 10.1 Å². The Morgan fingerprint density at radius 3 is 2.38 bits per heavy atom. The van der Waals surface area contributed by atoms with E-state index in [-0.39, 0.29) is 62.0 Å². The van der Waals surface area contributed by atoms with Crippen LogP contribution in [0.2, 0.25) is 0 Å². The molecule has 272 valence electrons. The second-order valence-electron chi connectivity index (χ2n) is 13.8. The Hall–Kier alpha value is -5.50. The Labute approximate surface area is 298 Å². The molecule has 0 unspecified atom stereocenters. The van der Waals surface area contributed by atoms with E-state index >= 15 is 0 Å². The van der Waals surface area contributed by atoms with Crippen molar-refractivity contribution in [3.8, 4) is 17.2 Å². The van der Waals surface area contributed by atoms with Crippen molar-refractivity contribution in [1.82, 2.24) is 23.5 Å². The minimum absolute atomic E-state index is 0.00375. The minimum atomic E-state index is -1.20. The second kappa shape index (κ2) is 12.9. The smallest absolute Gasteiger partial charge is 0.347 e. The van der Waals surface area contributed by atoms with E-state index in [1.165, 1.54) is 28.2 Å². The third-order valence-corrected chi connectivity index (χ3v) is 11.3. The highest BCUT2D eigenvalue weighted by molar-refractivity contribution is 6.15. The van der Waals surface area contributed by atoms with Crippen LogP contribution in [0.15, 0.2) is 73.6 Å². The van der Waals surface area contributed by atoms with E-state index in [1.54, 1.807) is 45.2 Å². The first-order chi connectivity index (χ1) is 24.9. The van der Waals surface area contributed by atoms with E-state index in [1.807, 2.05) is 25.1 Å². The number of benzene rings is 2. The number of fused-ring (bicyclic) bond motifs is 5. The zero-order valence-corrected chi connectivity index (χ0v) is 30.0. The first-order valence-corrected chi connectivity index (χ1v) is 17.2. The van der Waals surface area contributed by atoms with E-state index in [2.05, 4.69) is 4.98 Å². The Bertz CT molecular complexity index is 2410. The number of methoxy groups -OCH3 is 2. The molecule has 0 saturated heterocycles. The molecule has 3 aliphatic rings. The summed E-state index contributed by atoms with van der Waals surface area (Å²) in [6.45, 7) is 4.89. The lowest BCUT2D eigenvalue weighted by atomic mass is 9.50. The number of hydrogen-bond acceptors (Lipinski definition) is 10. The van der Waals surface area contributed by atoms with Crippen molar-refractivity contribution in [2.24, 2.45) is 18.4 Å². The van der Waals surface area contributed by atoms with Crippen molar-refractivity contribution in [1.29, 1.82) is 0 Å². The fourth-order valence-electron chi connectivity index (χ4n) is 8.52. The molecule has 4 aromatic rings. The van der Waals surface area contributed by atoms with Crippen molar-refractivity contribution in [3.05, 3.63) is 102 Å². The standard InChI is InChI=1S/C38H41N5O9/c1-20-21(2)34(46)38(3)24(33(20)45)17-27-22(32(38)23-9-7-8-10-29(23)52-16-15-44)11-14-42-36(48)41(37(49)43(27)42)13-12-25-35(47)40(4)28-19-31(51-6)30(50-5)18-26(28)39-25/h7-11,18-19,24,27,32,44H,12-17H2,1-6H3/t24-,27+,32+,38+/m0/s1. The third kappa shape index (κ3) is 5.02. The Morgan fingerprint density at radius 1 is 0.962 bits per heavy atom. The Morgan fingerprint density at radius 2 is 1.67 bits per heavy atom. The first kappa shape index (κ1) is 34.9. The predicted molar refractivity (Wildman–Crippen MR) is 190 cm³/mol. The fraction of sp³-hybridized carbons (Fsp3) is 0.421. The van der Waals surface area contributed by atoms with Crippen LogP contribution < -0.4 is 31.1 Å². The molecular weight excluding hydrogens is 670 g/mol. The van der Waals surface area contributed by atoms with Gasteiger partial charge in [0.1, 0.15) is 18.1 Å². The molecule has 1 N–H and O–H groups in total. The van der Waals surface area contributed by atoms with Crippen LogP contribution in [0, 0.1) is 11.3 Å². The molecule has 0 amide bonds. The van der Waals surface area contributed by atoms with Crippen molar-refractivity contribution in [2.75, 3.05) is 27.4 Å². The molecular formula is C38H41N5O9. The number of ketones is 2. The van der Waals surface area contributed by atoms with Gasteiger partial charge in [0.15, 0.2) is 23.1 Å². The number of aliphatic hydroxyl groups is 1. The average molecular weight is 712 g/mol. The lowest BCUT2D eigenvalue weighted by Gasteiger charge is -2.53. The van der Waals surface area contributed by atoms with Gasteiger partial charge in [-0.25, -0.2) is 28.5 Å². The molecule has 52 heavy (non-hydrogen) atoms. The summed E-state index contributed by atoms with van der Waals surface area (Å²) >= 11 is 0. The maximum absolute atomic E-state index is 14.3. The lowest BCUT2D eigenvalue weighted by Crippen LogP contribution is -2.55. The normalized spacial score (nSPS) is 22.5. The van der Waals surface area contributed by atoms with Gasteiger partial charge >= 0.3 is 11.4 Å². The number of carbonyl (C=O) groups is 2. The van der Waals surface area contributed by atoms with Gasteiger partial charge in [0.2, 0.25) is 0 Å². The number of aryl methyl sites for hydroxylation is 2. The number of allylic oxidation sites excluding steroid dienone is 4. The SMILES string of the molecule is COc1cc2nc(CCn3c(=O)n4n(c3=O)[C@@H]3C[C@H]5C(=O)C(C)=C(C)C(=O)[C@@]5(C)[C@@H](c5ccccc5OCCO)C3=CC4)c(=O)n(C)c2cc1OC. The van der Waals surface area contributed by atoms with Crippen LogP contribution in [-0.4, -0.2) is 67.6 Å². The van der Waals surface area contributed by atoms with Crippen LogP contribution >= 0.6 is 0 Å². The van der Waals surface area contributed by atoms with Gasteiger partial charge in [-0.15, -0.1) is 0 Å². The third-order valence-electron chi connectivity index (χ3n) is 11.3. The highest BCUT2D eigenvalue weighted by Crippen LogP contribution is 2.61. The van der Waals surface area contributed by atoms with Gasteiger partial charge in [-0.2, -0.15) is 0 Å². The van der Waals surface area contributed by atoms with E-state index < -0.39 is 34.7 Å². The molecule has 1 fully saturated rings. The van der Waals surface area contributed by atoms with Crippen molar-refractivity contribution in [2.45, 2.75) is 58.7 Å². The maximum Gasteiger partial charge on any atom is 0.347 e. The van der Waals surface area contributed by atoms with E-state index in [9.17, 15) is 29.1 Å². The molecule has 2 aromatic heterocycles. The summed E-state index contributed by atoms with van der Waals surface area (Å²) in [4.78, 5) is 74.6. The topological polar surface area (TPSA) is 166 Å². The second-order valence-corrected chi connectivity index (χ2v) is 13.8. The quantitative estimate of drug-likeness (QED) is 0.255. The van der Waals surface area contributed by atoms with Crippen LogP contribution in [0.3, 0.4) is 0 Å². The van der Waals surface area contributed by atoms with Gasteiger partial charge in [-0.05, 0) is 43.1 Å². The zero-order valence-electron chi connectivity index (χ0n) is 30.0. The Balaban J connectivity index is 1.32. The molecule has 14 nitrogen and oxygen atoms in total. The molecule has 1 aliphatic heterocycles. The molecule has 2 aliphatic carbocycles. The summed E-state index contributed by atoms with van der Waals surface area (Å²) in [7, 11) is 4.62. The van der Waals surface area contributed by atoms with Crippen molar-refractivity contribution >= 4 is 22.6 Å². The number of aromatic nitrogens is 5. The molecule has 0 bridgehead atoms. The summed E-state index contributed by atoms with van der Waals surface area (Å²) in [5, 5.41) is 9.55. The molecule has 3 heterocycles. The van der Waals surface area contributed by atoms with Crippen molar-refractivity contribution < 1.29 is 28.9 Å². The number of rotatable bonds is 9. The largest absolute Gasteiger partial charge is 0.493 e. The van der Waals surface area contributed by atoms with E-state index in [4.69, 9.17) is 14.2 Å². The van der Waals surface area contributed by atoms with Crippen LogP contribution in [0.1, 0.15) is 50.4 Å².